The van der Waals surface area contributed by atoms with E-state index in [2.05, 4.69) is 21.2 Å². The molecule has 0 aliphatic rings. The average molecular weight is 333 g/mol. The Balaban J connectivity index is 2.49. The number of carbonyl (C=O) groups is 2. The summed E-state index contributed by atoms with van der Waals surface area (Å²) in [6.07, 6.45) is -0.137. The number of carboxylic acid groups (broad SMARTS) is 1. The molecule has 0 fully saturated rings. The van der Waals surface area contributed by atoms with Gasteiger partial charge in [-0.1, -0.05) is 15.9 Å². The first-order chi connectivity index (χ1) is 8.90. The van der Waals surface area contributed by atoms with Crippen molar-refractivity contribution in [2.45, 2.75) is 25.4 Å². The molecule has 1 amide bonds. The minimum Gasteiger partial charge on any atom is -0.481 e. The zero-order chi connectivity index (χ0) is 14.4. The lowest BCUT2D eigenvalue weighted by atomic mass is 10.1. The molecule has 0 aromatic heterocycles. The zero-order valence-electron chi connectivity index (χ0n) is 10.0. The number of benzene rings is 1. The normalized spacial score (nSPS) is 11.9. The lowest BCUT2D eigenvalue weighted by Crippen LogP contribution is -2.40. The quantitative estimate of drug-likeness (QED) is 0.734. The number of carboxylic acids is 1. The van der Waals surface area contributed by atoms with Crippen LogP contribution in [0.5, 0.6) is 0 Å². The van der Waals surface area contributed by atoms with Crippen LogP contribution in [0.25, 0.3) is 0 Å². The Morgan fingerprint density at radius 3 is 2.79 bits per heavy atom. The average Bonchev–Trinajstić information content (AvgIpc) is 2.36. The van der Waals surface area contributed by atoms with Crippen LogP contribution in [0.1, 0.15) is 18.4 Å². The number of rotatable bonds is 6. The molecule has 0 saturated heterocycles. The number of halogens is 2. The van der Waals surface area contributed by atoms with Gasteiger partial charge in [0.15, 0.2) is 0 Å². The number of nitrogens with one attached hydrogen (secondary N) is 1. The number of hydrogen-bond donors (Lipinski definition) is 3. The van der Waals surface area contributed by atoms with Crippen LogP contribution >= 0.6 is 15.9 Å². The first-order valence-corrected chi connectivity index (χ1v) is 6.38. The molecule has 0 bridgehead atoms. The summed E-state index contributed by atoms with van der Waals surface area (Å²) in [6.45, 7) is 0.00484. The molecule has 1 aromatic carbocycles. The second-order valence-electron chi connectivity index (χ2n) is 3.99. The molecule has 1 aromatic rings. The molecule has 0 spiro atoms. The number of amides is 1. The van der Waals surface area contributed by atoms with Crippen molar-refractivity contribution in [2.75, 3.05) is 0 Å². The maximum atomic E-state index is 13.4. The highest BCUT2D eigenvalue weighted by molar-refractivity contribution is 9.10. The molecule has 0 aliphatic heterocycles. The van der Waals surface area contributed by atoms with Crippen LogP contribution in [-0.4, -0.2) is 23.0 Å². The predicted octanol–water partition coefficient (Wildman–Crippen LogP) is 1.40. The Morgan fingerprint density at radius 1 is 1.47 bits per heavy atom. The monoisotopic (exact) mass is 332 g/mol. The SMILES string of the molecule is NC(CCC(=O)O)C(=O)NCc1cc(Br)ccc1F. The molecule has 0 heterocycles. The summed E-state index contributed by atoms with van der Waals surface area (Å²) in [4.78, 5) is 21.9. The molecular weight excluding hydrogens is 319 g/mol. The van der Waals surface area contributed by atoms with E-state index in [1.54, 1.807) is 12.1 Å². The van der Waals surface area contributed by atoms with Crippen LogP contribution in [-0.2, 0) is 16.1 Å². The lowest BCUT2D eigenvalue weighted by Gasteiger charge is -2.11. The minimum absolute atomic E-state index is 0.00484. The number of aliphatic carboxylic acids is 1. The van der Waals surface area contributed by atoms with Gasteiger partial charge in [-0.05, 0) is 24.6 Å². The fourth-order valence-corrected chi connectivity index (χ4v) is 1.81. The molecule has 0 radical (unpaired) electrons. The van der Waals surface area contributed by atoms with Crippen LogP contribution in [0.4, 0.5) is 4.39 Å². The summed E-state index contributed by atoms with van der Waals surface area (Å²) in [5, 5.41) is 10.9. The fourth-order valence-electron chi connectivity index (χ4n) is 1.40. The van der Waals surface area contributed by atoms with Gasteiger partial charge in [-0.3, -0.25) is 9.59 Å². The standard InChI is InChI=1S/C12H14BrFN2O3/c13-8-1-2-9(14)7(5-8)6-16-12(19)10(15)3-4-11(17)18/h1-2,5,10H,3-4,6,15H2,(H,16,19)(H,17,18). The van der Waals surface area contributed by atoms with Gasteiger partial charge in [-0.25, -0.2) is 4.39 Å². The van der Waals surface area contributed by atoms with Crippen molar-refractivity contribution in [3.63, 3.8) is 0 Å². The first-order valence-electron chi connectivity index (χ1n) is 5.59. The number of carbonyl (C=O) groups excluding carboxylic acids is 1. The van der Waals surface area contributed by atoms with Gasteiger partial charge in [-0.2, -0.15) is 0 Å². The maximum Gasteiger partial charge on any atom is 0.303 e. The molecule has 7 heteroatoms. The topological polar surface area (TPSA) is 92.4 Å². The summed E-state index contributed by atoms with van der Waals surface area (Å²) in [5.41, 5.74) is 5.85. The molecule has 104 valence electrons. The Morgan fingerprint density at radius 2 is 2.16 bits per heavy atom. The highest BCUT2D eigenvalue weighted by Crippen LogP contribution is 2.15. The highest BCUT2D eigenvalue weighted by atomic mass is 79.9. The van der Waals surface area contributed by atoms with Crippen LogP contribution in [0.2, 0.25) is 0 Å². The van der Waals surface area contributed by atoms with E-state index in [0.29, 0.717) is 10.0 Å². The summed E-state index contributed by atoms with van der Waals surface area (Å²) in [5.74, 6) is -1.94. The molecule has 4 N–H and O–H groups in total. The van der Waals surface area contributed by atoms with Gasteiger partial charge >= 0.3 is 5.97 Å². The third kappa shape index (κ3) is 5.35. The van der Waals surface area contributed by atoms with Crippen molar-refractivity contribution in [2.24, 2.45) is 5.73 Å². The van der Waals surface area contributed by atoms with Gasteiger partial charge < -0.3 is 16.2 Å². The molecule has 5 nitrogen and oxygen atoms in total. The molecule has 1 rings (SSSR count). The summed E-state index contributed by atoms with van der Waals surface area (Å²) < 4.78 is 14.1. The molecule has 19 heavy (non-hydrogen) atoms. The molecular formula is C12H14BrFN2O3. The van der Waals surface area contributed by atoms with Gasteiger partial charge in [0.05, 0.1) is 6.04 Å². The first kappa shape index (κ1) is 15.6. The fraction of sp³-hybridized carbons (Fsp3) is 0.333. The van der Waals surface area contributed by atoms with Crippen LogP contribution in [0.15, 0.2) is 22.7 Å². The van der Waals surface area contributed by atoms with E-state index in [-0.39, 0.29) is 19.4 Å². The largest absolute Gasteiger partial charge is 0.481 e. The smallest absolute Gasteiger partial charge is 0.303 e. The Bertz CT molecular complexity index is 482. The van der Waals surface area contributed by atoms with Crippen LogP contribution in [0.3, 0.4) is 0 Å². The maximum absolute atomic E-state index is 13.4. The van der Waals surface area contributed by atoms with Crippen molar-refractivity contribution in [3.8, 4) is 0 Å². The van der Waals surface area contributed by atoms with E-state index in [4.69, 9.17) is 10.8 Å². The number of hydrogen-bond acceptors (Lipinski definition) is 3. The van der Waals surface area contributed by atoms with E-state index in [1.807, 2.05) is 0 Å². The van der Waals surface area contributed by atoms with E-state index in [1.165, 1.54) is 6.07 Å². The van der Waals surface area contributed by atoms with Gasteiger partial charge in [0.1, 0.15) is 5.82 Å². The Labute approximate surface area is 118 Å². The molecule has 1 unspecified atom stereocenters. The van der Waals surface area contributed by atoms with Crippen LogP contribution in [0, 0.1) is 5.82 Å². The minimum atomic E-state index is -1.01. The van der Waals surface area contributed by atoms with Crippen molar-refractivity contribution < 1.29 is 19.1 Å². The summed E-state index contributed by atoms with van der Waals surface area (Å²) in [7, 11) is 0. The third-order valence-corrected chi connectivity index (χ3v) is 2.96. The second kappa shape index (κ2) is 7.20. The van der Waals surface area contributed by atoms with E-state index >= 15 is 0 Å². The third-order valence-electron chi connectivity index (χ3n) is 2.47. The molecule has 0 aliphatic carbocycles. The van der Waals surface area contributed by atoms with E-state index in [0.717, 1.165) is 0 Å². The summed E-state index contributed by atoms with van der Waals surface area (Å²) in [6, 6.07) is 3.49. The van der Waals surface area contributed by atoms with Gasteiger partial charge in [-0.15, -0.1) is 0 Å². The molecule has 1 atom stereocenters. The second-order valence-corrected chi connectivity index (χ2v) is 4.91. The van der Waals surface area contributed by atoms with Gasteiger partial charge in [0.25, 0.3) is 0 Å². The highest BCUT2D eigenvalue weighted by Gasteiger charge is 2.15. The van der Waals surface area contributed by atoms with Gasteiger partial charge in [0.2, 0.25) is 5.91 Å². The van der Waals surface area contributed by atoms with E-state index < -0.39 is 23.7 Å². The van der Waals surface area contributed by atoms with Gasteiger partial charge in [0, 0.05) is 23.0 Å². The number of nitrogens with two attached hydrogens (primary N) is 1. The predicted molar refractivity (Wildman–Crippen MR) is 70.8 cm³/mol. The summed E-state index contributed by atoms with van der Waals surface area (Å²) >= 11 is 3.20. The Hall–Kier alpha value is -1.47. The Kier molecular flexibility index (Phi) is 5.91. The molecule has 0 saturated carbocycles. The van der Waals surface area contributed by atoms with Crippen molar-refractivity contribution >= 4 is 27.8 Å². The van der Waals surface area contributed by atoms with Crippen LogP contribution < -0.4 is 11.1 Å². The van der Waals surface area contributed by atoms with Crippen molar-refractivity contribution in [1.82, 2.24) is 5.32 Å². The van der Waals surface area contributed by atoms with Crippen molar-refractivity contribution in [3.05, 3.63) is 34.1 Å². The van der Waals surface area contributed by atoms with Crippen molar-refractivity contribution in [1.29, 1.82) is 0 Å². The van der Waals surface area contributed by atoms with E-state index in [9.17, 15) is 14.0 Å². The lowest BCUT2D eigenvalue weighted by molar-refractivity contribution is -0.137. The zero-order valence-corrected chi connectivity index (χ0v) is 11.6.